The predicted octanol–water partition coefficient (Wildman–Crippen LogP) is 15.7. The third-order valence-corrected chi connectivity index (χ3v) is 11.3. The average Bonchev–Trinajstić information content (AvgIpc) is 3.28. The highest BCUT2D eigenvalue weighted by molar-refractivity contribution is 5.77. The molecule has 6 nitrogen and oxygen atoms in total. The second-order valence-corrected chi connectivity index (χ2v) is 17.4. The first-order valence-corrected chi connectivity index (χ1v) is 26.1. The van der Waals surface area contributed by atoms with Crippen molar-refractivity contribution in [3.8, 4) is 0 Å². The van der Waals surface area contributed by atoms with Crippen LogP contribution in [0.4, 0.5) is 0 Å². The van der Waals surface area contributed by atoms with Crippen LogP contribution in [0.5, 0.6) is 0 Å². The van der Waals surface area contributed by atoms with Crippen molar-refractivity contribution in [1.29, 1.82) is 0 Å². The second kappa shape index (κ2) is 49.8. The van der Waals surface area contributed by atoms with Gasteiger partial charge in [0.15, 0.2) is 0 Å². The molecule has 63 heavy (non-hydrogen) atoms. The highest BCUT2D eigenvalue weighted by Crippen LogP contribution is 2.17. The maximum Gasteiger partial charge on any atom is 0.306 e. The summed E-state index contributed by atoms with van der Waals surface area (Å²) in [6, 6.07) is -0.733. The van der Waals surface area contributed by atoms with Crippen molar-refractivity contribution in [2.24, 2.45) is 0 Å². The van der Waals surface area contributed by atoms with E-state index in [1.54, 1.807) is 0 Å². The minimum Gasteiger partial charge on any atom is -0.462 e. The van der Waals surface area contributed by atoms with Crippen molar-refractivity contribution in [3.05, 3.63) is 97.2 Å². The molecule has 6 heteroatoms. The summed E-state index contributed by atoms with van der Waals surface area (Å²) in [5.41, 5.74) is 0. The summed E-state index contributed by atoms with van der Waals surface area (Å²) >= 11 is 0. The first-order chi connectivity index (χ1) is 31.0. The number of esters is 1. The molecule has 0 aliphatic carbocycles. The molecule has 0 aliphatic rings. The first-order valence-electron chi connectivity index (χ1n) is 26.1. The number of allylic oxidation sites excluding steroid dienone is 16. The van der Waals surface area contributed by atoms with Gasteiger partial charge in [0.2, 0.25) is 5.91 Å². The van der Waals surface area contributed by atoms with Gasteiger partial charge >= 0.3 is 5.97 Å². The smallest absolute Gasteiger partial charge is 0.306 e. The molecular formula is C57H97NO5. The van der Waals surface area contributed by atoms with Gasteiger partial charge in [0.05, 0.1) is 25.2 Å². The molecule has 0 aromatic rings. The van der Waals surface area contributed by atoms with Gasteiger partial charge in [0.25, 0.3) is 0 Å². The quantitative estimate of drug-likeness (QED) is 0.0322. The number of nitrogens with one attached hydrogen (secondary N) is 1. The Morgan fingerprint density at radius 1 is 0.476 bits per heavy atom. The van der Waals surface area contributed by atoms with Gasteiger partial charge in [-0.25, -0.2) is 0 Å². The molecule has 0 radical (unpaired) electrons. The normalized spacial score (nSPS) is 14.0. The van der Waals surface area contributed by atoms with E-state index in [0.29, 0.717) is 19.3 Å². The number of carbonyl (C=O) groups excluding carboxylic acids is 2. The van der Waals surface area contributed by atoms with Gasteiger partial charge in [-0.3, -0.25) is 9.59 Å². The fraction of sp³-hybridized carbons (Fsp3) is 0.684. The topological polar surface area (TPSA) is 95.9 Å². The minimum atomic E-state index is -0.815. The van der Waals surface area contributed by atoms with E-state index in [-0.39, 0.29) is 31.3 Å². The largest absolute Gasteiger partial charge is 0.462 e. The van der Waals surface area contributed by atoms with Crippen LogP contribution in [0.1, 0.15) is 226 Å². The van der Waals surface area contributed by atoms with E-state index in [1.165, 1.54) is 109 Å². The Kier molecular flexibility index (Phi) is 47.2. The molecule has 0 fully saturated rings. The number of hydrogen-bond donors (Lipinski definition) is 3. The third kappa shape index (κ3) is 45.2. The highest BCUT2D eigenvalue weighted by Gasteiger charge is 2.24. The van der Waals surface area contributed by atoms with Crippen molar-refractivity contribution in [2.75, 3.05) is 6.61 Å². The maximum atomic E-state index is 13.2. The Morgan fingerprint density at radius 3 is 1.32 bits per heavy atom. The number of amides is 1. The van der Waals surface area contributed by atoms with Gasteiger partial charge in [0.1, 0.15) is 6.10 Å². The second-order valence-electron chi connectivity index (χ2n) is 17.4. The lowest BCUT2D eigenvalue weighted by Crippen LogP contribution is -2.46. The molecule has 0 heterocycles. The van der Waals surface area contributed by atoms with Crippen molar-refractivity contribution >= 4 is 11.9 Å². The summed E-state index contributed by atoms with van der Waals surface area (Å²) in [5, 5.41) is 23.8. The number of unbranched alkanes of at least 4 members (excludes halogenated alkanes) is 23. The van der Waals surface area contributed by atoms with E-state index in [1.807, 2.05) is 54.7 Å². The number of carbonyl (C=O) groups is 2. The van der Waals surface area contributed by atoms with Crippen LogP contribution in [0.25, 0.3) is 0 Å². The van der Waals surface area contributed by atoms with E-state index in [4.69, 9.17) is 4.74 Å². The SMILES string of the molecule is CC/C=C/C=C/C=C\C=C/C=C/CCCC(=O)OC(CCCCC/C=C/C=C/C=C/CCCCCCC)CC(=O)NC(CO)C(O)CCCCCCCCCCCCCCCCC. The van der Waals surface area contributed by atoms with Crippen molar-refractivity contribution in [1.82, 2.24) is 5.32 Å². The van der Waals surface area contributed by atoms with Crippen LogP contribution in [-0.2, 0) is 14.3 Å². The maximum absolute atomic E-state index is 13.2. The molecule has 0 saturated carbocycles. The first kappa shape index (κ1) is 59.8. The zero-order chi connectivity index (χ0) is 45.9. The Morgan fingerprint density at radius 2 is 0.857 bits per heavy atom. The van der Waals surface area contributed by atoms with Gasteiger partial charge in [0, 0.05) is 6.42 Å². The molecule has 3 unspecified atom stereocenters. The standard InChI is InChI=1S/C57H97NO5/c1-4-7-10-13-16-19-22-25-27-29-31-33-36-39-42-45-48-53(63-57(62)50-47-44-41-38-35-30-24-21-18-15-12-9-6-3)51-56(61)58-54(52-59)55(60)49-46-43-40-37-34-32-28-26-23-20-17-14-11-8-5-2/h9,12,15,18,21-22,24-25,27,29-31,33,35,38,41,53-55,59-60H,4-8,10-11,13-14,16-17,19-20,23,26,28,32,34,36-37,39-40,42-52H2,1-3H3,(H,58,61)/b12-9+,18-15+,24-21-,25-22+,29-27+,33-31+,35-30-,41-38+. The van der Waals surface area contributed by atoms with Gasteiger partial charge < -0.3 is 20.3 Å². The summed E-state index contributed by atoms with van der Waals surface area (Å²) < 4.78 is 5.88. The van der Waals surface area contributed by atoms with E-state index in [2.05, 4.69) is 68.6 Å². The zero-order valence-electron chi connectivity index (χ0n) is 40.9. The van der Waals surface area contributed by atoms with Gasteiger partial charge in [-0.1, -0.05) is 246 Å². The summed E-state index contributed by atoms with van der Waals surface area (Å²) in [5.74, 6) is -0.602. The van der Waals surface area contributed by atoms with E-state index < -0.39 is 18.2 Å². The van der Waals surface area contributed by atoms with E-state index >= 15 is 0 Å². The van der Waals surface area contributed by atoms with Crippen LogP contribution < -0.4 is 5.32 Å². The molecule has 0 aliphatic heterocycles. The lowest BCUT2D eigenvalue weighted by molar-refractivity contribution is -0.151. The predicted molar refractivity (Wildman–Crippen MR) is 273 cm³/mol. The van der Waals surface area contributed by atoms with Crippen LogP contribution >= 0.6 is 0 Å². The summed E-state index contributed by atoms with van der Waals surface area (Å²) in [6.07, 6.45) is 66.1. The molecule has 3 atom stereocenters. The van der Waals surface area contributed by atoms with E-state index in [9.17, 15) is 19.8 Å². The monoisotopic (exact) mass is 876 g/mol. The number of aliphatic hydroxyl groups is 2. The number of aliphatic hydroxyl groups excluding tert-OH is 2. The molecule has 0 aromatic carbocycles. The van der Waals surface area contributed by atoms with Crippen molar-refractivity contribution in [3.63, 3.8) is 0 Å². The fourth-order valence-corrected chi connectivity index (χ4v) is 7.40. The van der Waals surface area contributed by atoms with Gasteiger partial charge in [-0.2, -0.15) is 0 Å². The Bertz CT molecular complexity index is 1260. The molecule has 0 bridgehead atoms. The van der Waals surface area contributed by atoms with Gasteiger partial charge in [-0.15, -0.1) is 0 Å². The lowest BCUT2D eigenvalue weighted by Gasteiger charge is -2.24. The molecule has 360 valence electrons. The lowest BCUT2D eigenvalue weighted by atomic mass is 10.0. The van der Waals surface area contributed by atoms with Crippen LogP contribution in [0, 0.1) is 0 Å². The van der Waals surface area contributed by atoms with Crippen LogP contribution in [-0.4, -0.2) is 46.9 Å². The Balaban J connectivity index is 4.75. The van der Waals surface area contributed by atoms with Gasteiger partial charge in [-0.05, 0) is 64.2 Å². The zero-order valence-corrected chi connectivity index (χ0v) is 40.9. The van der Waals surface area contributed by atoms with Crippen molar-refractivity contribution in [2.45, 2.75) is 244 Å². The summed E-state index contributed by atoms with van der Waals surface area (Å²) in [6.45, 7) is 6.29. The molecule has 3 N–H and O–H groups in total. The van der Waals surface area contributed by atoms with Crippen LogP contribution in [0.2, 0.25) is 0 Å². The fourth-order valence-electron chi connectivity index (χ4n) is 7.40. The summed E-state index contributed by atoms with van der Waals surface area (Å²) in [4.78, 5) is 26.1. The molecule has 1 amide bonds. The molecule has 0 rings (SSSR count). The number of rotatable bonds is 45. The minimum absolute atomic E-state index is 0.0210. The molecular weight excluding hydrogens is 779 g/mol. The van der Waals surface area contributed by atoms with Crippen molar-refractivity contribution < 1.29 is 24.5 Å². The Labute approximate surface area is 388 Å². The summed E-state index contributed by atoms with van der Waals surface area (Å²) in [7, 11) is 0. The van der Waals surface area contributed by atoms with Crippen LogP contribution in [0.3, 0.4) is 0 Å². The number of hydrogen-bond acceptors (Lipinski definition) is 5. The molecule has 0 saturated heterocycles. The Hall–Kier alpha value is -3.22. The van der Waals surface area contributed by atoms with Crippen LogP contribution in [0.15, 0.2) is 97.2 Å². The third-order valence-electron chi connectivity index (χ3n) is 11.3. The number of ether oxygens (including phenoxy) is 1. The average molecular weight is 876 g/mol. The molecule has 0 spiro atoms. The molecule has 0 aromatic heterocycles. The highest BCUT2D eigenvalue weighted by atomic mass is 16.5. The van der Waals surface area contributed by atoms with E-state index in [0.717, 1.165) is 64.2 Å².